The van der Waals surface area contributed by atoms with Crippen molar-refractivity contribution in [3.05, 3.63) is 58.1 Å². The van der Waals surface area contributed by atoms with E-state index in [1.807, 2.05) is 51.1 Å². The molecule has 0 aliphatic heterocycles. The minimum Gasteiger partial charge on any atom is -0.492 e. The van der Waals surface area contributed by atoms with Crippen LogP contribution >= 0.6 is 11.6 Å². The molecule has 0 saturated heterocycles. The Bertz CT molecular complexity index is 746. The quantitative estimate of drug-likeness (QED) is 0.751. The van der Waals surface area contributed by atoms with Gasteiger partial charge in [-0.1, -0.05) is 35.4 Å². The molecule has 0 aliphatic carbocycles. The smallest absolute Gasteiger partial charge is 0.260 e. The summed E-state index contributed by atoms with van der Waals surface area (Å²) in [6, 6.07) is 11.4. The molecule has 1 atom stereocenters. The highest BCUT2D eigenvalue weighted by Gasteiger charge is 2.15. The Kier molecular flexibility index (Phi) is 6.71. The molecule has 0 aliphatic rings. The first-order valence-electron chi connectivity index (χ1n) is 8.27. The zero-order valence-electron chi connectivity index (χ0n) is 15.1. The highest BCUT2D eigenvalue weighted by Crippen LogP contribution is 2.22. The number of amides is 1. The van der Waals surface area contributed by atoms with Crippen LogP contribution in [0.1, 0.15) is 23.6 Å². The van der Waals surface area contributed by atoms with Crippen LogP contribution in [0.3, 0.4) is 0 Å². The van der Waals surface area contributed by atoms with Crippen molar-refractivity contribution in [1.82, 2.24) is 5.32 Å². The third-order valence-corrected chi connectivity index (χ3v) is 4.22. The van der Waals surface area contributed by atoms with Gasteiger partial charge in [0, 0.05) is 5.02 Å². The highest BCUT2D eigenvalue weighted by molar-refractivity contribution is 6.31. The molecule has 4 nitrogen and oxygen atoms in total. The van der Waals surface area contributed by atoms with Crippen molar-refractivity contribution in [3.8, 4) is 11.5 Å². The molecule has 0 spiro atoms. The number of nitrogens with one attached hydrogen (secondary N) is 1. The standard InChI is InChI=1S/C20H24ClNO3/c1-13-5-8-19(15(3)11-13)25-16(4)20(23)22-9-10-24-17-7-6-14(2)18(21)12-17/h5-8,11-12,16H,9-10H2,1-4H3,(H,22,23)/t16-/m1/s1. The van der Waals surface area contributed by atoms with Crippen LogP contribution in [-0.4, -0.2) is 25.2 Å². The lowest BCUT2D eigenvalue weighted by molar-refractivity contribution is -0.127. The first-order chi connectivity index (χ1) is 11.9. The molecule has 0 bridgehead atoms. The molecule has 0 unspecified atom stereocenters. The molecule has 0 aromatic heterocycles. The second-order valence-electron chi connectivity index (χ2n) is 6.08. The highest BCUT2D eigenvalue weighted by atomic mass is 35.5. The van der Waals surface area contributed by atoms with Crippen LogP contribution in [-0.2, 0) is 4.79 Å². The second-order valence-corrected chi connectivity index (χ2v) is 6.49. The average molecular weight is 362 g/mol. The van der Waals surface area contributed by atoms with Crippen molar-refractivity contribution in [1.29, 1.82) is 0 Å². The second kappa shape index (κ2) is 8.77. The van der Waals surface area contributed by atoms with Crippen molar-refractivity contribution < 1.29 is 14.3 Å². The summed E-state index contributed by atoms with van der Waals surface area (Å²) >= 11 is 6.05. The molecular formula is C20H24ClNO3. The van der Waals surface area contributed by atoms with E-state index in [1.165, 1.54) is 0 Å². The fraction of sp³-hybridized carbons (Fsp3) is 0.350. The number of rotatable bonds is 7. The number of halogens is 1. The van der Waals surface area contributed by atoms with Crippen molar-refractivity contribution >= 4 is 17.5 Å². The van der Waals surface area contributed by atoms with Crippen LogP contribution < -0.4 is 14.8 Å². The molecule has 1 N–H and O–H groups in total. The molecule has 2 rings (SSSR count). The van der Waals surface area contributed by atoms with E-state index in [9.17, 15) is 4.79 Å². The predicted molar refractivity (Wildman–Crippen MR) is 101 cm³/mol. The number of hydrogen-bond acceptors (Lipinski definition) is 3. The van der Waals surface area contributed by atoms with Gasteiger partial charge in [0.25, 0.3) is 5.91 Å². The van der Waals surface area contributed by atoms with Crippen molar-refractivity contribution in [2.75, 3.05) is 13.2 Å². The van der Waals surface area contributed by atoms with Gasteiger partial charge in [-0.05, 0) is 57.0 Å². The Labute approximate surface area is 154 Å². The van der Waals surface area contributed by atoms with E-state index in [0.29, 0.717) is 23.9 Å². The number of carbonyl (C=O) groups is 1. The third-order valence-electron chi connectivity index (χ3n) is 3.82. The summed E-state index contributed by atoms with van der Waals surface area (Å²) in [7, 11) is 0. The number of ether oxygens (including phenoxy) is 2. The first kappa shape index (κ1) is 19.1. The van der Waals surface area contributed by atoms with Gasteiger partial charge in [-0.25, -0.2) is 0 Å². The first-order valence-corrected chi connectivity index (χ1v) is 8.65. The lowest BCUT2D eigenvalue weighted by atomic mass is 10.1. The molecule has 5 heteroatoms. The monoisotopic (exact) mass is 361 g/mol. The van der Waals surface area contributed by atoms with Gasteiger partial charge in [0.1, 0.15) is 18.1 Å². The minimum atomic E-state index is -0.574. The molecule has 1 amide bonds. The van der Waals surface area contributed by atoms with E-state index in [4.69, 9.17) is 21.1 Å². The van der Waals surface area contributed by atoms with E-state index in [2.05, 4.69) is 5.32 Å². The normalized spacial score (nSPS) is 11.7. The topological polar surface area (TPSA) is 47.6 Å². The van der Waals surface area contributed by atoms with Crippen LogP contribution in [0.4, 0.5) is 0 Å². The van der Waals surface area contributed by atoms with Crippen molar-refractivity contribution in [2.24, 2.45) is 0 Å². The Hall–Kier alpha value is -2.20. The van der Waals surface area contributed by atoms with Crippen LogP contribution in [0.15, 0.2) is 36.4 Å². The minimum absolute atomic E-state index is 0.175. The Morgan fingerprint density at radius 1 is 1.12 bits per heavy atom. The Morgan fingerprint density at radius 2 is 1.88 bits per heavy atom. The van der Waals surface area contributed by atoms with Gasteiger partial charge in [0.15, 0.2) is 6.10 Å². The van der Waals surface area contributed by atoms with E-state index in [-0.39, 0.29) is 5.91 Å². The van der Waals surface area contributed by atoms with E-state index in [1.54, 1.807) is 13.0 Å². The maximum Gasteiger partial charge on any atom is 0.260 e. The van der Waals surface area contributed by atoms with Crippen LogP contribution in [0.2, 0.25) is 5.02 Å². The zero-order chi connectivity index (χ0) is 18.4. The van der Waals surface area contributed by atoms with Gasteiger partial charge < -0.3 is 14.8 Å². The van der Waals surface area contributed by atoms with Gasteiger partial charge in [-0.15, -0.1) is 0 Å². The molecule has 0 radical (unpaired) electrons. The lowest BCUT2D eigenvalue weighted by Gasteiger charge is -2.16. The van der Waals surface area contributed by atoms with Crippen molar-refractivity contribution in [2.45, 2.75) is 33.8 Å². The molecule has 134 valence electrons. The summed E-state index contributed by atoms with van der Waals surface area (Å²) in [4.78, 5) is 12.1. The molecule has 0 saturated carbocycles. The Morgan fingerprint density at radius 3 is 2.56 bits per heavy atom. The summed E-state index contributed by atoms with van der Waals surface area (Å²) in [5.74, 6) is 1.23. The van der Waals surface area contributed by atoms with E-state index >= 15 is 0 Å². The van der Waals surface area contributed by atoms with Gasteiger partial charge in [0.05, 0.1) is 6.54 Å². The van der Waals surface area contributed by atoms with E-state index < -0.39 is 6.10 Å². The largest absolute Gasteiger partial charge is 0.492 e. The van der Waals surface area contributed by atoms with Gasteiger partial charge in [-0.3, -0.25) is 4.79 Å². The Balaban J connectivity index is 1.76. The zero-order valence-corrected chi connectivity index (χ0v) is 15.8. The molecule has 2 aromatic rings. The number of aryl methyl sites for hydroxylation is 3. The summed E-state index contributed by atoms with van der Waals surface area (Å²) in [6.07, 6.45) is -0.574. The fourth-order valence-corrected chi connectivity index (χ4v) is 2.50. The SMILES string of the molecule is Cc1ccc(O[C@H](C)C(=O)NCCOc2ccc(C)c(Cl)c2)c(C)c1. The van der Waals surface area contributed by atoms with Gasteiger partial charge >= 0.3 is 0 Å². The number of carbonyl (C=O) groups excluding carboxylic acids is 1. The predicted octanol–water partition coefficient (Wildman–Crippen LogP) is 4.23. The van der Waals surface area contributed by atoms with Crippen LogP contribution in [0, 0.1) is 20.8 Å². The average Bonchev–Trinajstić information content (AvgIpc) is 2.57. The maximum absolute atomic E-state index is 12.1. The molecule has 0 heterocycles. The van der Waals surface area contributed by atoms with E-state index in [0.717, 1.165) is 22.4 Å². The summed E-state index contributed by atoms with van der Waals surface area (Å²) in [5.41, 5.74) is 3.18. The lowest BCUT2D eigenvalue weighted by Crippen LogP contribution is -2.38. The van der Waals surface area contributed by atoms with Gasteiger partial charge in [-0.2, -0.15) is 0 Å². The van der Waals surface area contributed by atoms with Crippen LogP contribution in [0.5, 0.6) is 11.5 Å². The summed E-state index contributed by atoms with van der Waals surface area (Å²) in [6.45, 7) is 8.41. The summed E-state index contributed by atoms with van der Waals surface area (Å²) in [5, 5.41) is 3.47. The molecule has 2 aromatic carbocycles. The number of benzene rings is 2. The van der Waals surface area contributed by atoms with Gasteiger partial charge in [0.2, 0.25) is 0 Å². The molecule has 25 heavy (non-hydrogen) atoms. The van der Waals surface area contributed by atoms with Crippen molar-refractivity contribution in [3.63, 3.8) is 0 Å². The van der Waals surface area contributed by atoms with Crippen LogP contribution in [0.25, 0.3) is 0 Å². The third kappa shape index (κ3) is 5.68. The molecule has 0 fully saturated rings. The summed E-state index contributed by atoms with van der Waals surface area (Å²) < 4.78 is 11.3. The molecular weight excluding hydrogens is 338 g/mol. The maximum atomic E-state index is 12.1. The number of hydrogen-bond donors (Lipinski definition) is 1. The fourth-order valence-electron chi connectivity index (χ4n) is 2.33.